The molecule has 25 heavy (non-hydrogen) atoms. The Bertz CT molecular complexity index is 663. The number of aromatic nitrogens is 1. The predicted octanol–water partition coefficient (Wildman–Crippen LogP) is 3.86. The molecule has 0 N–H and O–H groups in total. The number of carbonyl (C=O) groups is 2. The number of ether oxygens (including phenoxy) is 1. The zero-order valence-corrected chi connectivity index (χ0v) is 17.2. The second-order valence-electron chi connectivity index (χ2n) is 7.09. The van der Waals surface area contributed by atoms with E-state index in [1.165, 1.54) is 4.90 Å². The molecule has 0 spiro atoms. The van der Waals surface area contributed by atoms with Crippen molar-refractivity contribution >= 4 is 39.5 Å². The summed E-state index contributed by atoms with van der Waals surface area (Å²) < 4.78 is 6.20. The summed E-state index contributed by atoms with van der Waals surface area (Å²) in [6, 6.07) is 2.97. The molecular weight excluding hydrogens is 410 g/mol. The third-order valence-corrected chi connectivity index (χ3v) is 4.75. The maximum Gasteiger partial charge on any atom is 0.410 e. The van der Waals surface area contributed by atoms with Crippen LogP contribution in [0, 0.1) is 0 Å². The second-order valence-corrected chi connectivity index (χ2v) is 8.33. The summed E-state index contributed by atoms with van der Waals surface area (Å²) in [4.78, 5) is 32.5. The maximum atomic E-state index is 12.8. The number of halogens is 2. The van der Waals surface area contributed by atoms with E-state index in [-0.39, 0.29) is 5.91 Å². The number of likely N-dealkylation sites (N-methyl/N-ethyl adjacent to an activating group) is 1. The molecule has 1 aromatic heterocycles. The first-order valence-corrected chi connectivity index (χ1v) is 9.31. The van der Waals surface area contributed by atoms with Crippen LogP contribution in [-0.2, 0) is 16.1 Å². The van der Waals surface area contributed by atoms with E-state index in [0.29, 0.717) is 30.4 Å². The number of carbonyl (C=O) groups excluding carboxylic acids is 2. The van der Waals surface area contributed by atoms with Gasteiger partial charge in [0.2, 0.25) is 5.91 Å². The average molecular weight is 433 g/mol. The van der Waals surface area contributed by atoms with Gasteiger partial charge in [0, 0.05) is 18.1 Å². The summed E-state index contributed by atoms with van der Waals surface area (Å²) in [5, 5.41) is 0.371. The molecule has 1 saturated heterocycles. The lowest BCUT2D eigenvalue weighted by molar-refractivity contribution is -0.135. The van der Waals surface area contributed by atoms with Gasteiger partial charge in [-0.25, -0.2) is 9.78 Å². The molecule has 1 aliphatic rings. The molecule has 2 heterocycles. The molecular formula is C17H23BrClN3O3. The van der Waals surface area contributed by atoms with Gasteiger partial charge in [-0.15, -0.1) is 0 Å². The zero-order valence-electron chi connectivity index (χ0n) is 14.9. The van der Waals surface area contributed by atoms with Gasteiger partial charge in [-0.05, 0) is 61.7 Å². The fourth-order valence-electron chi connectivity index (χ4n) is 2.69. The Morgan fingerprint density at radius 1 is 1.44 bits per heavy atom. The standard InChI is InChI=1S/C17H23BrClN3O3/c1-17(2,3)25-16(24)22-9-5-6-13(22)15(23)21(4)10-12-11(18)7-8-14(19)20-12/h7-8,13H,5-6,9-10H2,1-4H3/t13-/m0/s1. The van der Waals surface area contributed by atoms with Crippen molar-refractivity contribution in [1.82, 2.24) is 14.8 Å². The van der Waals surface area contributed by atoms with E-state index in [0.717, 1.165) is 10.9 Å². The molecule has 2 amide bonds. The van der Waals surface area contributed by atoms with Crippen LogP contribution in [0.5, 0.6) is 0 Å². The van der Waals surface area contributed by atoms with Crippen LogP contribution in [0.25, 0.3) is 0 Å². The molecule has 1 aliphatic heterocycles. The first kappa shape index (κ1) is 20.0. The summed E-state index contributed by atoms with van der Waals surface area (Å²) in [6.45, 7) is 6.27. The largest absolute Gasteiger partial charge is 0.444 e. The number of hydrogen-bond acceptors (Lipinski definition) is 4. The summed E-state index contributed by atoms with van der Waals surface area (Å²) in [6.07, 6.45) is 0.966. The molecule has 138 valence electrons. The first-order valence-electron chi connectivity index (χ1n) is 8.14. The normalized spacial score (nSPS) is 17.5. The van der Waals surface area contributed by atoms with Gasteiger partial charge >= 0.3 is 6.09 Å². The molecule has 1 aromatic rings. The van der Waals surface area contributed by atoms with E-state index in [9.17, 15) is 9.59 Å². The van der Waals surface area contributed by atoms with Gasteiger partial charge in [0.25, 0.3) is 0 Å². The van der Waals surface area contributed by atoms with Crippen LogP contribution in [0.2, 0.25) is 5.15 Å². The Hall–Kier alpha value is -1.34. The van der Waals surface area contributed by atoms with Gasteiger partial charge in [0.15, 0.2) is 0 Å². The molecule has 1 fully saturated rings. The Balaban J connectivity index is 2.07. The highest BCUT2D eigenvalue weighted by Gasteiger charge is 2.38. The van der Waals surface area contributed by atoms with Gasteiger partial charge < -0.3 is 9.64 Å². The summed E-state index contributed by atoms with van der Waals surface area (Å²) >= 11 is 9.34. The van der Waals surface area contributed by atoms with Crippen molar-refractivity contribution in [1.29, 1.82) is 0 Å². The van der Waals surface area contributed by atoms with E-state index in [4.69, 9.17) is 16.3 Å². The lowest BCUT2D eigenvalue weighted by atomic mass is 10.2. The number of likely N-dealkylation sites (tertiary alicyclic amines) is 1. The van der Waals surface area contributed by atoms with Crippen LogP contribution in [-0.4, -0.2) is 52.0 Å². The molecule has 0 bridgehead atoms. The minimum Gasteiger partial charge on any atom is -0.444 e. The van der Waals surface area contributed by atoms with E-state index >= 15 is 0 Å². The lowest BCUT2D eigenvalue weighted by Gasteiger charge is -2.30. The van der Waals surface area contributed by atoms with E-state index < -0.39 is 17.7 Å². The molecule has 0 radical (unpaired) electrons. The van der Waals surface area contributed by atoms with Gasteiger partial charge in [-0.3, -0.25) is 9.69 Å². The van der Waals surface area contributed by atoms with Crippen molar-refractivity contribution < 1.29 is 14.3 Å². The Labute approximate surface area is 161 Å². The highest BCUT2D eigenvalue weighted by molar-refractivity contribution is 9.10. The van der Waals surface area contributed by atoms with Crippen LogP contribution < -0.4 is 0 Å². The summed E-state index contributed by atoms with van der Waals surface area (Å²) in [7, 11) is 1.70. The SMILES string of the molecule is CN(Cc1nc(Cl)ccc1Br)C(=O)[C@@H]1CCCN1C(=O)OC(C)(C)C. The monoisotopic (exact) mass is 431 g/mol. The van der Waals surface area contributed by atoms with Crippen molar-refractivity contribution in [2.75, 3.05) is 13.6 Å². The van der Waals surface area contributed by atoms with Gasteiger partial charge in [-0.2, -0.15) is 0 Å². The Morgan fingerprint density at radius 2 is 2.12 bits per heavy atom. The molecule has 8 heteroatoms. The minimum atomic E-state index is -0.589. The van der Waals surface area contributed by atoms with Crippen LogP contribution in [0.4, 0.5) is 4.79 Å². The van der Waals surface area contributed by atoms with Gasteiger partial charge in [0.05, 0.1) is 12.2 Å². The van der Waals surface area contributed by atoms with Crippen LogP contribution in [0.3, 0.4) is 0 Å². The highest BCUT2D eigenvalue weighted by Crippen LogP contribution is 2.24. The zero-order chi connectivity index (χ0) is 18.8. The molecule has 0 aromatic carbocycles. The van der Waals surface area contributed by atoms with Gasteiger partial charge in [0.1, 0.15) is 16.8 Å². The van der Waals surface area contributed by atoms with Crippen molar-refractivity contribution in [3.8, 4) is 0 Å². The predicted molar refractivity (Wildman–Crippen MR) is 99.4 cm³/mol. The lowest BCUT2D eigenvalue weighted by Crippen LogP contribution is -2.47. The van der Waals surface area contributed by atoms with Crippen LogP contribution in [0.1, 0.15) is 39.3 Å². The second kappa shape index (κ2) is 7.91. The molecule has 1 atom stereocenters. The molecule has 6 nitrogen and oxygen atoms in total. The number of amides is 2. The van der Waals surface area contributed by atoms with E-state index in [1.54, 1.807) is 24.1 Å². The minimum absolute atomic E-state index is 0.128. The van der Waals surface area contributed by atoms with Crippen LogP contribution in [0.15, 0.2) is 16.6 Å². The maximum absolute atomic E-state index is 12.8. The van der Waals surface area contributed by atoms with Crippen molar-refractivity contribution in [3.63, 3.8) is 0 Å². The fraction of sp³-hybridized carbons (Fsp3) is 0.588. The average Bonchev–Trinajstić information content (AvgIpc) is 2.98. The third-order valence-electron chi connectivity index (χ3n) is 3.81. The molecule has 0 unspecified atom stereocenters. The first-order chi connectivity index (χ1) is 11.6. The van der Waals surface area contributed by atoms with E-state index in [2.05, 4.69) is 20.9 Å². The van der Waals surface area contributed by atoms with Crippen LogP contribution >= 0.6 is 27.5 Å². The Kier molecular flexibility index (Phi) is 6.32. The third kappa shape index (κ3) is 5.31. The number of nitrogens with zero attached hydrogens (tertiary/aromatic N) is 3. The number of pyridine rings is 1. The summed E-state index contributed by atoms with van der Waals surface area (Å²) in [5.74, 6) is -0.128. The topological polar surface area (TPSA) is 62.7 Å². The van der Waals surface area contributed by atoms with E-state index in [1.807, 2.05) is 20.8 Å². The number of hydrogen-bond donors (Lipinski definition) is 0. The van der Waals surface area contributed by atoms with Gasteiger partial charge in [-0.1, -0.05) is 11.6 Å². The van der Waals surface area contributed by atoms with Crippen molar-refractivity contribution in [2.24, 2.45) is 0 Å². The van der Waals surface area contributed by atoms with Crippen molar-refractivity contribution in [3.05, 3.63) is 27.5 Å². The van der Waals surface area contributed by atoms with Crippen molar-refractivity contribution in [2.45, 2.75) is 51.8 Å². The Morgan fingerprint density at radius 3 is 2.76 bits per heavy atom. The molecule has 0 aliphatic carbocycles. The quantitative estimate of drug-likeness (QED) is 0.681. The number of rotatable bonds is 3. The molecule has 2 rings (SSSR count). The fourth-order valence-corrected chi connectivity index (χ4v) is 3.20. The highest BCUT2D eigenvalue weighted by atomic mass is 79.9. The summed E-state index contributed by atoms with van der Waals surface area (Å²) in [5.41, 5.74) is 0.0829. The molecule has 0 saturated carbocycles. The smallest absolute Gasteiger partial charge is 0.410 e.